The van der Waals surface area contributed by atoms with Crippen molar-refractivity contribution in [2.45, 2.75) is 32.7 Å². The van der Waals surface area contributed by atoms with Crippen molar-refractivity contribution in [1.29, 1.82) is 0 Å². The topological polar surface area (TPSA) is 75.2 Å². The maximum absolute atomic E-state index is 12.2. The smallest absolute Gasteiger partial charge is 0.328 e. The number of nitrogens with one attached hydrogen (secondary N) is 1. The Kier molecular flexibility index (Phi) is 4.80. The van der Waals surface area contributed by atoms with Gasteiger partial charge in [0.25, 0.3) is 5.56 Å². The first-order valence-corrected chi connectivity index (χ1v) is 7.57. The molecule has 2 heterocycles. The molecule has 1 amide bonds. The summed E-state index contributed by atoms with van der Waals surface area (Å²) in [5, 5.41) is 0. The van der Waals surface area contributed by atoms with Gasteiger partial charge in [0.15, 0.2) is 0 Å². The Morgan fingerprint density at radius 3 is 2.95 bits per heavy atom. The quantitative estimate of drug-likeness (QED) is 0.887. The van der Waals surface area contributed by atoms with Gasteiger partial charge in [-0.05, 0) is 34.7 Å². The molecule has 110 valence electrons. The van der Waals surface area contributed by atoms with Crippen LogP contribution in [-0.2, 0) is 11.3 Å². The standard InChI is InChI=1S/C13H18BrN3O3/c1-2-9-4-3-5-16(6-9)11(18)8-17-7-10(14)12(19)15-13(17)20/h7,9H,2-6,8H2,1H3,(H,15,19,20). The van der Waals surface area contributed by atoms with Gasteiger partial charge in [0.1, 0.15) is 6.54 Å². The third kappa shape index (κ3) is 3.39. The molecule has 1 aliphatic rings. The molecule has 2 rings (SSSR count). The molecule has 0 bridgehead atoms. The minimum absolute atomic E-state index is 0.0371. The number of carbonyl (C=O) groups is 1. The van der Waals surface area contributed by atoms with Crippen LogP contribution in [0.3, 0.4) is 0 Å². The number of halogens is 1. The van der Waals surface area contributed by atoms with Gasteiger partial charge < -0.3 is 4.90 Å². The Morgan fingerprint density at radius 2 is 2.25 bits per heavy atom. The number of aromatic amines is 1. The van der Waals surface area contributed by atoms with Gasteiger partial charge in [0.2, 0.25) is 5.91 Å². The van der Waals surface area contributed by atoms with Gasteiger partial charge in [-0.2, -0.15) is 0 Å². The van der Waals surface area contributed by atoms with E-state index >= 15 is 0 Å². The van der Waals surface area contributed by atoms with E-state index < -0.39 is 11.2 Å². The third-order valence-electron chi connectivity index (χ3n) is 3.72. The molecule has 0 aliphatic carbocycles. The summed E-state index contributed by atoms with van der Waals surface area (Å²) in [7, 11) is 0. The lowest BCUT2D eigenvalue weighted by Gasteiger charge is -2.32. The van der Waals surface area contributed by atoms with Crippen LogP contribution in [0.2, 0.25) is 0 Å². The summed E-state index contributed by atoms with van der Waals surface area (Å²) >= 11 is 3.06. The van der Waals surface area contributed by atoms with Gasteiger partial charge in [0, 0.05) is 19.3 Å². The SMILES string of the molecule is CCC1CCCN(C(=O)Cn2cc(Br)c(=O)[nH]c2=O)C1. The minimum atomic E-state index is -0.560. The fraction of sp³-hybridized carbons (Fsp3) is 0.615. The van der Waals surface area contributed by atoms with Crippen LogP contribution in [0.4, 0.5) is 0 Å². The summed E-state index contributed by atoms with van der Waals surface area (Å²) < 4.78 is 1.47. The summed E-state index contributed by atoms with van der Waals surface area (Å²) in [6.45, 7) is 3.59. The normalized spacial score (nSPS) is 19.1. The van der Waals surface area contributed by atoms with Crippen molar-refractivity contribution in [1.82, 2.24) is 14.5 Å². The van der Waals surface area contributed by atoms with Crippen molar-refractivity contribution in [2.24, 2.45) is 5.92 Å². The average molecular weight is 344 g/mol. The first-order valence-electron chi connectivity index (χ1n) is 6.78. The van der Waals surface area contributed by atoms with Gasteiger partial charge in [-0.25, -0.2) is 4.79 Å². The number of hydrogen-bond donors (Lipinski definition) is 1. The Morgan fingerprint density at radius 1 is 1.50 bits per heavy atom. The number of H-pyrrole nitrogens is 1. The van der Waals surface area contributed by atoms with Crippen molar-refractivity contribution < 1.29 is 4.79 Å². The van der Waals surface area contributed by atoms with Crippen molar-refractivity contribution in [2.75, 3.05) is 13.1 Å². The lowest BCUT2D eigenvalue weighted by Crippen LogP contribution is -2.43. The highest BCUT2D eigenvalue weighted by molar-refractivity contribution is 9.10. The maximum atomic E-state index is 12.2. The first-order chi connectivity index (χ1) is 9.51. The summed E-state index contributed by atoms with van der Waals surface area (Å²) in [4.78, 5) is 39.1. The Balaban J connectivity index is 2.10. The molecule has 1 aromatic rings. The van der Waals surface area contributed by atoms with Gasteiger partial charge in [0.05, 0.1) is 4.47 Å². The maximum Gasteiger partial charge on any atom is 0.328 e. The van der Waals surface area contributed by atoms with Crippen molar-refractivity contribution in [3.8, 4) is 0 Å². The van der Waals surface area contributed by atoms with Crippen LogP contribution in [0.15, 0.2) is 20.3 Å². The molecule has 0 aromatic carbocycles. The summed E-state index contributed by atoms with van der Waals surface area (Å²) in [5.74, 6) is 0.468. The van der Waals surface area contributed by atoms with E-state index in [4.69, 9.17) is 0 Å². The van der Waals surface area contributed by atoms with E-state index in [-0.39, 0.29) is 16.9 Å². The molecular weight excluding hydrogens is 326 g/mol. The molecule has 0 radical (unpaired) electrons. The molecule has 6 nitrogen and oxygen atoms in total. The lowest BCUT2D eigenvalue weighted by molar-refractivity contribution is -0.133. The van der Waals surface area contributed by atoms with Crippen LogP contribution in [0.1, 0.15) is 26.2 Å². The van der Waals surface area contributed by atoms with Crippen molar-refractivity contribution >= 4 is 21.8 Å². The van der Waals surface area contributed by atoms with Crippen molar-refractivity contribution in [3.63, 3.8) is 0 Å². The zero-order valence-electron chi connectivity index (χ0n) is 11.4. The van der Waals surface area contributed by atoms with E-state index in [1.54, 1.807) is 0 Å². The van der Waals surface area contributed by atoms with Crippen LogP contribution in [0, 0.1) is 5.92 Å². The molecule has 0 spiro atoms. The van der Waals surface area contributed by atoms with Gasteiger partial charge >= 0.3 is 5.69 Å². The predicted molar refractivity (Wildman–Crippen MR) is 78.6 cm³/mol. The second-order valence-electron chi connectivity index (χ2n) is 5.12. The number of piperidine rings is 1. The molecule has 1 aromatic heterocycles. The van der Waals surface area contributed by atoms with Crippen LogP contribution >= 0.6 is 15.9 Å². The highest BCUT2D eigenvalue weighted by Gasteiger charge is 2.22. The number of hydrogen-bond acceptors (Lipinski definition) is 3. The number of aromatic nitrogens is 2. The van der Waals surface area contributed by atoms with Crippen LogP contribution in [-0.4, -0.2) is 33.4 Å². The lowest BCUT2D eigenvalue weighted by atomic mass is 9.96. The number of rotatable bonds is 3. The van der Waals surface area contributed by atoms with Crippen LogP contribution in [0.25, 0.3) is 0 Å². The number of carbonyl (C=O) groups excluding carboxylic acids is 1. The molecule has 1 atom stereocenters. The summed E-state index contributed by atoms with van der Waals surface area (Å²) in [6.07, 6.45) is 4.59. The fourth-order valence-electron chi connectivity index (χ4n) is 2.47. The van der Waals surface area contributed by atoms with E-state index in [0.29, 0.717) is 5.92 Å². The number of amides is 1. The van der Waals surface area contributed by atoms with E-state index in [1.807, 2.05) is 4.90 Å². The molecule has 1 N–H and O–H groups in total. The van der Waals surface area contributed by atoms with Crippen LogP contribution in [0.5, 0.6) is 0 Å². The van der Waals surface area contributed by atoms with Gasteiger partial charge in [-0.1, -0.05) is 13.3 Å². The molecule has 7 heteroatoms. The largest absolute Gasteiger partial charge is 0.341 e. The fourth-order valence-corrected chi connectivity index (χ4v) is 2.82. The first kappa shape index (κ1) is 15.0. The third-order valence-corrected chi connectivity index (χ3v) is 4.29. The van der Waals surface area contributed by atoms with Gasteiger partial charge in [-0.15, -0.1) is 0 Å². The minimum Gasteiger partial charge on any atom is -0.341 e. The summed E-state index contributed by atoms with van der Waals surface area (Å²) in [6, 6.07) is 0. The predicted octanol–water partition coefficient (Wildman–Crippen LogP) is 0.948. The molecular formula is C13H18BrN3O3. The Labute approximate surface area is 124 Å². The second kappa shape index (κ2) is 6.39. The molecule has 1 aliphatic heterocycles. The average Bonchev–Trinajstić information content (AvgIpc) is 2.44. The molecule has 1 saturated heterocycles. The summed E-state index contributed by atoms with van der Waals surface area (Å²) in [5.41, 5.74) is -1.04. The van der Waals surface area contributed by atoms with Crippen LogP contribution < -0.4 is 11.2 Å². The molecule has 1 unspecified atom stereocenters. The Bertz CT molecular complexity index is 608. The molecule has 0 saturated carbocycles. The van der Waals surface area contributed by atoms with E-state index in [0.717, 1.165) is 32.4 Å². The highest BCUT2D eigenvalue weighted by atomic mass is 79.9. The van der Waals surface area contributed by atoms with Crippen molar-refractivity contribution in [3.05, 3.63) is 31.5 Å². The van der Waals surface area contributed by atoms with E-state index in [9.17, 15) is 14.4 Å². The highest BCUT2D eigenvalue weighted by Crippen LogP contribution is 2.19. The van der Waals surface area contributed by atoms with E-state index in [1.165, 1.54) is 10.8 Å². The number of nitrogens with zero attached hydrogens (tertiary/aromatic N) is 2. The second-order valence-corrected chi connectivity index (χ2v) is 5.97. The Hall–Kier alpha value is -1.37. The molecule has 1 fully saturated rings. The van der Waals surface area contributed by atoms with E-state index in [2.05, 4.69) is 27.8 Å². The zero-order valence-corrected chi connectivity index (χ0v) is 13.0. The van der Waals surface area contributed by atoms with Gasteiger partial charge in [-0.3, -0.25) is 19.1 Å². The zero-order chi connectivity index (χ0) is 14.7. The molecule has 20 heavy (non-hydrogen) atoms. The monoisotopic (exact) mass is 343 g/mol. The number of likely N-dealkylation sites (tertiary alicyclic amines) is 1.